The molecule has 0 amide bonds. The van der Waals surface area contributed by atoms with Crippen LogP contribution in [-0.4, -0.2) is 11.6 Å². The Kier molecular flexibility index (Phi) is 8.35. The van der Waals surface area contributed by atoms with Crippen LogP contribution in [0.15, 0.2) is 42.5 Å². The molecule has 3 rings (SSSR count). The molecule has 0 saturated heterocycles. The van der Waals surface area contributed by atoms with Gasteiger partial charge >= 0.3 is 0 Å². The monoisotopic (exact) mass is 395 g/mol. The van der Waals surface area contributed by atoms with Gasteiger partial charge in [0.15, 0.2) is 0 Å². The van der Waals surface area contributed by atoms with Crippen LogP contribution in [0, 0.1) is 0 Å². The van der Waals surface area contributed by atoms with E-state index in [4.69, 9.17) is 9.72 Å². The zero-order valence-corrected chi connectivity index (χ0v) is 18.2. The number of fused-ring (bicyclic) bond motifs is 1. The Morgan fingerprint density at radius 2 is 1.57 bits per heavy atom. The van der Waals surface area contributed by atoms with Gasteiger partial charge in [0.25, 0.3) is 0 Å². The number of aromatic nitrogens is 1. The molecular formula is C25H33NOS. The Morgan fingerprint density at radius 3 is 2.32 bits per heavy atom. The molecular weight excluding hydrogens is 362 g/mol. The molecule has 2 nitrogen and oxygen atoms in total. The van der Waals surface area contributed by atoms with E-state index in [0.29, 0.717) is 0 Å². The summed E-state index contributed by atoms with van der Waals surface area (Å²) in [4.78, 5) is 4.82. The van der Waals surface area contributed by atoms with Crippen molar-refractivity contribution in [3.05, 3.63) is 48.0 Å². The van der Waals surface area contributed by atoms with Gasteiger partial charge in [-0.15, -0.1) is 11.3 Å². The minimum atomic E-state index is 0.802. The first-order valence-corrected chi connectivity index (χ1v) is 11.7. The summed E-state index contributed by atoms with van der Waals surface area (Å²) in [6, 6.07) is 15.2. The number of unbranched alkanes of at least 4 members (excludes halogenated alkanes) is 6. The van der Waals surface area contributed by atoms with E-state index in [2.05, 4.69) is 50.2 Å². The van der Waals surface area contributed by atoms with E-state index in [1.54, 1.807) is 11.3 Å². The van der Waals surface area contributed by atoms with Crippen LogP contribution < -0.4 is 4.74 Å². The molecule has 0 saturated carbocycles. The van der Waals surface area contributed by atoms with Crippen molar-refractivity contribution in [2.45, 2.75) is 71.6 Å². The predicted molar refractivity (Wildman–Crippen MR) is 123 cm³/mol. The van der Waals surface area contributed by atoms with E-state index < -0.39 is 0 Å². The van der Waals surface area contributed by atoms with Gasteiger partial charge in [-0.1, -0.05) is 76.6 Å². The van der Waals surface area contributed by atoms with Crippen LogP contribution in [0.4, 0.5) is 0 Å². The molecule has 3 aromatic rings. The van der Waals surface area contributed by atoms with E-state index >= 15 is 0 Å². The van der Waals surface area contributed by atoms with Crippen molar-refractivity contribution < 1.29 is 4.74 Å². The first-order chi connectivity index (χ1) is 13.8. The number of ether oxygens (including phenoxy) is 1. The van der Waals surface area contributed by atoms with E-state index in [1.165, 1.54) is 67.2 Å². The standard InChI is InChI=1S/C25H33NOS/c1-3-5-7-9-11-20-12-14-21(15-13-20)25-26-23-17-16-22(19-24(23)28-25)27-18-10-8-6-4-2/h12-17,19H,3-11,18H2,1-2H3. The fourth-order valence-electron chi connectivity index (χ4n) is 3.41. The average Bonchev–Trinajstić information content (AvgIpc) is 3.15. The molecule has 0 spiro atoms. The van der Waals surface area contributed by atoms with Gasteiger partial charge in [-0.2, -0.15) is 0 Å². The van der Waals surface area contributed by atoms with Crippen LogP contribution in [0.5, 0.6) is 5.75 Å². The second-order valence-corrected chi connectivity index (χ2v) is 8.60. The van der Waals surface area contributed by atoms with Crippen molar-refractivity contribution in [3.8, 4) is 16.3 Å². The minimum Gasteiger partial charge on any atom is -0.494 e. The highest BCUT2D eigenvalue weighted by Crippen LogP contribution is 2.32. The van der Waals surface area contributed by atoms with Gasteiger partial charge in [0.1, 0.15) is 10.8 Å². The maximum absolute atomic E-state index is 5.93. The molecule has 3 heteroatoms. The van der Waals surface area contributed by atoms with E-state index in [1.807, 2.05) is 6.07 Å². The summed E-state index contributed by atoms with van der Waals surface area (Å²) in [7, 11) is 0. The van der Waals surface area contributed by atoms with Crippen LogP contribution in [0.2, 0.25) is 0 Å². The molecule has 28 heavy (non-hydrogen) atoms. The second-order valence-electron chi connectivity index (χ2n) is 7.57. The lowest BCUT2D eigenvalue weighted by Crippen LogP contribution is -1.96. The van der Waals surface area contributed by atoms with Crippen molar-refractivity contribution in [1.29, 1.82) is 0 Å². The molecule has 0 fully saturated rings. The van der Waals surface area contributed by atoms with Crippen molar-refractivity contribution in [2.24, 2.45) is 0 Å². The molecule has 0 bridgehead atoms. The maximum Gasteiger partial charge on any atom is 0.124 e. The first-order valence-electron chi connectivity index (χ1n) is 10.9. The quantitative estimate of drug-likeness (QED) is 0.289. The van der Waals surface area contributed by atoms with E-state index in [0.717, 1.165) is 29.3 Å². The Morgan fingerprint density at radius 1 is 0.821 bits per heavy atom. The van der Waals surface area contributed by atoms with Gasteiger partial charge in [0, 0.05) is 5.56 Å². The number of hydrogen-bond acceptors (Lipinski definition) is 3. The van der Waals surface area contributed by atoms with E-state index in [9.17, 15) is 0 Å². The van der Waals surface area contributed by atoms with E-state index in [-0.39, 0.29) is 0 Å². The van der Waals surface area contributed by atoms with Crippen LogP contribution in [0.3, 0.4) is 0 Å². The van der Waals surface area contributed by atoms with Crippen molar-refractivity contribution >= 4 is 21.6 Å². The number of nitrogens with zero attached hydrogens (tertiary/aromatic N) is 1. The highest BCUT2D eigenvalue weighted by atomic mass is 32.1. The van der Waals surface area contributed by atoms with Gasteiger partial charge in [0.2, 0.25) is 0 Å². The summed E-state index contributed by atoms with van der Waals surface area (Å²) in [6.07, 6.45) is 11.4. The lowest BCUT2D eigenvalue weighted by Gasteiger charge is -2.05. The molecule has 0 unspecified atom stereocenters. The molecule has 2 aromatic carbocycles. The largest absolute Gasteiger partial charge is 0.494 e. The number of aryl methyl sites for hydroxylation is 1. The number of rotatable bonds is 12. The first kappa shape index (κ1) is 20.9. The van der Waals surface area contributed by atoms with Gasteiger partial charge in [-0.3, -0.25) is 0 Å². The number of thiazole rings is 1. The Labute approximate surface area is 174 Å². The third-order valence-corrected chi connectivity index (χ3v) is 6.21. The fourth-order valence-corrected chi connectivity index (χ4v) is 4.41. The van der Waals surface area contributed by atoms with Crippen LogP contribution in [-0.2, 0) is 6.42 Å². The van der Waals surface area contributed by atoms with Gasteiger partial charge in [0.05, 0.1) is 16.8 Å². The van der Waals surface area contributed by atoms with Gasteiger partial charge < -0.3 is 4.74 Å². The van der Waals surface area contributed by atoms with Crippen molar-refractivity contribution in [1.82, 2.24) is 4.98 Å². The summed E-state index contributed by atoms with van der Waals surface area (Å²) in [5.41, 5.74) is 3.70. The average molecular weight is 396 g/mol. The summed E-state index contributed by atoms with van der Waals surface area (Å²) in [6.45, 7) is 5.30. The van der Waals surface area contributed by atoms with Crippen molar-refractivity contribution in [3.63, 3.8) is 0 Å². The summed E-state index contributed by atoms with van der Waals surface area (Å²) in [5, 5.41) is 1.09. The smallest absolute Gasteiger partial charge is 0.124 e. The fraction of sp³-hybridized carbons (Fsp3) is 0.480. The lowest BCUT2D eigenvalue weighted by atomic mass is 10.0. The van der Waals surface area contributed by atoms with Crippen molar-refractivity contribution in [2.75, 3.05) is 6.61 Å². The molecule has 0 aliphatic heterocycles. The Bertz CT molecular complexity index is 837. The predicted octanol–water partition coefficient (Wildman–Crippen LogP) is 8.05. The third-order valence-electron chi connectivity index (χ3n) is 5.15. The molecule has 1 heterocycles. The zero-order chi connectivity index (χ0) is 19.6. The lowest BCUT2D eigenvalue weighted by molar-refractivity contribution is 0.305. The van der Waals surface area contributed by atoms with Crippen LogP contribution >= 0.6 is 11.3 Å². The molecule has 150 valence electrons. The van der Waals surface area contributed by atoms with Crippen LogP contribution in [0.1, 0.15) is 70.8 Å². The zero-order valence-electron chi connectivity index (χ0n) is 17.4. The Balaban J connectivity index is 1.60. The summed E-state index contributed by atoms with van der Waals surface area (Å²) < 4.78 is 7.12. The second kappa shape index (κ2) is 11.2. The molecule has 0 radical (unpaired) electrons. The highest BCUT2D eigenvalue weighted by molar-refractivity contribution is 7.21. The molecule has 0 N–H and O–H groups in total. The van der Waals surface area contributed by atoms with Crippen LogP contribution in [0.25, 0.3) is 20.8 Å². The van der Waals surface area contributed by atoms with Gasteiger partial charge in [-0.05, 0) is 43.0 Å². The minimum absolute atomic E-state index is 0.802. The highest BCUT2D eigenvalue weighted by Gasteiger charge is 2.08. The molecule has 0 atom stereocenters. The Hall–Kier alpha value is -1.87. The summed E-state index contributed by atoms with van der Waals surface area (Å²) >= 11 is 1.75. The number of hydrogen-bond donors (Lipinski definition) is 0. The SMILES string of the molecule is CCCCCCOc1ccc2nc(-c3ccc(CCCCCC)cc3)sc2c1. The third kappa shape index (κ3) is 6.07. The maximum atomic E-state index is 5.93. The normalized spacial score (nSPS) is 11.2. The topological polar surface area (TPSA) is 22.1 Å². The molecule has 0 aliphatic rings. The number of benzene rings is 2. The molecule has 0 aliphatic carbocycles. The van der Waals surface area contributed by atoms with Gasteiger partial charge in [-0.25, -0.2) is 4.98 Å². The summed E-state index contributed by atoms with van der Waals surface area (Å²) in [5.74, 6) is 0.960. The molecule has 1 aromatic heterocycles.